The van der Waals surface area contributed by atoms with Gasteiger partial charge in [-0.3, -0.25) is 4.79 Å². The average Bonchev–Trinajstić information content (AvgIpc) is 2.74. The lowest BCUT2D eigenvalue weighted by molar-refractivity contribution is -0.274. The lowest BCUT2D eigenvalue weighted by Crippen LogP contribution is -2.41. The molecule has 6 nitrogen and oxygen atoms in total. The van der Waals surface area contributed by atoms with Gasteiger partial charge in [0.2, 0.25) is 15.9 Å². The molecular weight excluding hydrogens is 453 g/mol. The number of carbonyl (C=O) groups excluding carboxylic acids is 1. The highest BCUT2D eigenvalue weighted by atomic mass is 32.2. The number of nitrogens with zero attached hydrogens (tertiary/aromatic N) is 1. The maximum absolute atomic E-state index is 12.8. The van der Waals surface area contributed by atoms with Crippen molar-refractivity contribution in [2.24, 2.45) is 5.92 Å². The first-order chi connectivity index (χ1) is 14.6. The summed E-state index contributed by atoms with van der Waals surface area (Å²) in [6, 6.07) is 11.5. The van der Waals surface area contributed by atoms with E-state index in [4.69, 9.17) is 0 Å². The van der Waals surface area contributed by atoms with Gasteiger partial charge in [-0.25, -0.2) is 8.42 Å². The fraction of sp³-hybridized carbons (Fsp3) is 0.350. The highest BCUT2D eigenvalue weighted by Crippen LogP contribution is 2.27. The number of alkyl halides is 3. The molecule has 1 aliphatic rings. The maximum Gasteiger partial charge on any atom is 0.573 e. The zero-order valence-electron chi connectivity index (χ0n) is 16.6. The Kier molecular flexibility index (Phi) is 7.17. The number of rotatable bonds is 6. The van der Waals surface area contributed by atoms with Crippen LogP contribution < -0.4 is 10.1 Å². The Morgan fingerprint density at radius 2 is 1.65 bits per heavy atom. The summed E-state index contributed by atoms with van der Waals surface area (Å²) in [5, 5.41) is 2.65. The first-order valence-electron chi connectivity index (χ1n) is 9.39. The van der Waals surface area contributed by atoms with Crippen LogP contribution in [0.15, 0.2) is 58.3 Å². The van der Waals surface area contributed by atoms with Gasteiger partial charge in [-0.2, -0.15) is 4.31 Å². The van der Waals surface area contributed by atoms with Crippen molar-refractivity contribution in [1.29, 1.82) is 0 Å². The van der Waals surface area contributed by atoms with Crippen molar-refractivity contribution in [3.63, 3.8) is 0 Å². The summed E-state index contributed by atoms with van der Waals surface area (Å²) in [6.45, 7) is 0.423. The number of thioether (sulfide) groups is 1. The second-order valence-corrected chi connectivity index (χ2v) is 9.73. The molecule has 0 atom stereocenters. The van der Waals surface area contributed by atoms with Crippen LogP contribution in [-0.4, -0.2) is 44.3 Å². The highest BCUT2D eigenvalue weighted by Gasteiger charge is 2.33. The third-order valence-corrected chi connectivity index (χ3v) is 7.53. The van der Waals surface area contributed by atoms with E-state index >= 15 is 0 Å². The van der Waals surface area contributed by atoms with E-state index in [0.717, 1.165) is 17.0 Å². The quantitative estimate of drug-likeness (QED) is 0.630. The van der Waals surface area contributed by atoms with Crippen molar-refractivity contribution in [3.8, 4) is 5.75 Å². The predicted octanol–water partition coefficient (Wildman–Crippen LogP) is 4.35. The number of halogens is 3. The van der Waals surface area contributed by atoms with Crippen molar-refractivity contribution < 1.29 is 31.1 Å². The first-order valence-corrected chi connectivity index (χ1v) is 12.1. The van der Waals surface area contributed by atoms with Crippen LogP contribution in [0.25, 0.3) is 0 Å². The molecule has 0 unspecified atom stereocenters. The van der Waals surface area contributed by atoms with Crippen LogP contribution in [-0.2, 0) is 14.8 Å². The molecule has 2 aromatic rings. The van der Waals surface area contributed by atoms with Gasteiger partial charge in [0.1, 0.15) is 5.75 Å². The molecule has 31 heavy (non-hydrogen) atoms. The normalized spacial score (nSPS) is 16.1. The Balaban J connectivity index is 1.55. The minimum absolute atomic E-state index is 0.211. The minimum Gasteiger partial charge on any atom is -0.406 e. The number of benzene rings is 2. The van der Waals surface area contributed by atoms with Gasteiger partial charge in [-0.15, -0.1) is 24.9 Å². The van der Waals surface area contributed by atoms with Crippen molar-refractivity contribution in [1.82, 2.24) is 4.31 Å². The number of nitrogens with one attached hydrogen (secondary N) is 1. The van der Waals surface area contributed by atoms with Crippen molar-refractivity contribution in [2.45, 2.75) is 29.0 Å². The summed E-state index contributed by atoms with van der Waals surface area (Å²) in [6.07, 6.45) is -2.17. The number of carbonyl (C=O) groups is 1. The molecule has 168 valence electrons. The Morgan fingerprint density at radius 3 is 2.16 bits per heavy atom. The highest BCUT2D eigenvalue weighted by molar-refractivity contribution is 7.98. The fourth-order valence-corrected chi connectivity index (χ4v) is 5.12. The number of amides is 1. The second kappa shape index (κ2) is 9.49. The van der Waals surface area contributed by atoms with Crippen LogP contribution in [0.2, 0.25) is 0 Å². The van der Waals surface area contributed by atoms with Crippen LogP contribution in [0.1, 0.15) is 12.8 Å². The molecular formula is C20H21F3N2O4S2. The van der Waals surface area contributed by atoms with Crippen molar-refractivity contribution in [3.05, 3.63) is 48.5 Å². The van der Waals surface area contributed by atoms with Gasteiger partial charge < -0.3 is 10.1 Å². The van der Waals surface area contributed by atoms with Gasteiger partial charge in [0.15, 0.2) is 0 Å². The molecule has 0 bridgehead atoms. The average molecular weight is 475 g/mol. The minimum atomic E-state index is -4.78. The molecule has 2 aromatic carbocycles. The second-order valence-electron chi connectivity index (χ2n) is 6.92. The lowest BCUT2D eigenvalue weighted by Gasteiger charge is -2.30. The summed E-state index contributed by atoms with van der Waals surface area (Å²) in [4.78, 5) is 13.7. The summed E-state index contributed by atoms with van der Waals surface area (Å²) >= 11 is 1.52. The number of sulfonamides is 1. The Bertz CT molecular complexity index is 1000. The monoisotopic (exact) mass is 474 g/mol. The standard InChI is InChI=1S/C20H21F3N2O4S2/c1-30-17-6-8-18(9-7-17)31(27,28)25-12-10-14(11-13-25)19(26)24-15-2-4-16(5-3-15)29-20(21,22)23/h2-9,14H,10-13H2,1H3,(H,24,26). The molecule has 1 fully saturated rings. The molecule has 0 aromatic heterocycles. The third kappa shape index (κ3) is 6.14. The van der Waals surface area contributed by atoms with E-state index in [1.54, 1.807) is 24.3 Å². The molecule has 1 aliphatic heterocycles. The molecule has 0 radical (unpaired) electrons. The number of anilines is 1. The molecule has 11 heteroatoms. The van der Waals surface area contributed by atoms with Gasteiger partial charge >= 0.3 is 6.36 Å². The maximum atomic E-state index is 12.8. The largest absolute Gasteiger partial charge is 0.573 e. The van der Waals surface area contributed by atoms with Crippen LogP contribution in [0.5, 0.6) is 5.75 Å². The smallest absolute Gasteiger partial charge is 0.406 e. The molecule has 1 heterocycles. The van der Waals surface area contributed by atoms with Crippen LogP contribution in [0, 0.1) is 5.92 Å². The molecule has 1 saturated heterocycles. The summed E-state index contributed by atoms with van der Waals surface area (Å²) in [5.41, 5.74) is 0.337. The first kappa shape index (κ1) is 23.4. The van der Waals surface area contributed by atoms with E-state index in [0.29, 0.717) is 18.5 Å². The van der Waals surface area contributed by atoms with E-state index in [1.165, 1.54) is 28.2 Å². The zero-order chi connectivity index (χ0) is 22.6. The Hall–Kier alpha value is -2.24. The van der Waals surface area contributed by atoms with Gasteiger partial charge in [0.05, 0.1) is 4.90 Å². The van der Waals surface area contributed by atoms with E-state index in [1.807, 2.05) is 6.26 Å². The topological polar surface area (TPSA) is 75.7 Å². The van der Waals surface area contributed by atoms with Crippen LogP contribution in [0.4, 0.5) is 18.9 Å². The molecule has 3 rings (SSSR count). The molecule has 1 amide bonds. The molecule has 0 saturated carbocycles. The van der Waals surface area contributed by atoms with Gasteiger partial charge in [0.25, 0.3) is 0 Å². The van der Waals surface area contributed by atoms with Gasteiger partial charge in [0, 0.05) is 29.6 Å². The number of hydrogen-bond acceptors (Lipinski definition) is 5. The summed E-state index contributed by atoms with van der Waals surface area (Å²) in [5.74, 6) is -1.07. The van der Waals surface area contributed by atoms with Gasteiger partial charge in [-0.1, -0.05) is 0 Å². The zero-order valence-corrected chi connectivity index (χ0v) is 18.2. The summed E-state index contributed by atoms with van der Waals surface area (Å²) in [7, 11) is -3.63. The SMILES string of the molecule is CSc1ccc(S(=O)(=O)N2CCC(C(=O)Nc3ccc(OC(F)(F)F)cc3)CC2)cc1. The number of hydrogen-bond donors (Lipinski definition) is 1. The molecule has 0 aliphatic carbocycles. The van der Waals surface area contributed by atoms with E-state index in [9.17, 15) is 26.4 Å². The molecule has 0 spiro atoms. The fourth-order valence-electron chi connectivity index (χ4n) is 3.24. The van der Waals surface area contributed by atoms with Crippen molar-refractivity contribution >= 4 is 33.4 Å². The van der Waals surface area contributed by atoms with Crippen LogP contribution >= 0.6 is 11.8 Å². The lowest BCUT2D eigenvalue weighted by atomic mass is 9.97. The van der Waals surface area contributed by atoms with Gasteiger partial charge in [-0.05, 0) is 67.6 Å². The van der Waals surface area contributed by atoms with E-state index in [-0.39, 0.29) is 29.6 Å². The van der Waals surface area contributed by atoms with E-state index in [2.05, 4.69) is 10.1 Å². The van der Waals surface area contributed by atoms with E-state index < -0.39 is 22.3 Å². The molecule has 1 N–H and O–H groups in total. The van der Waals surface area contributed by atoms with Crippen LogP contribution in [0.3, 0.4) is 0 Å². The predicted molar refractivity (Wildman–Crippen MR) is 111 cm³/mol. The summed E-state index contributed by atoms with van der Waals surface area (Å²) < 4.78 is 67.4. The Labute approximate surface area is 182 Å². The van der Waals surface area contributed by atoms with Crippen molar-refractivity contribution in [2.75, 3.05) is 24.7 Å². The number of ether oxygens (including phenoxy) is 1. The third-order valence-electron chi connectivity index (χ3n) is 4.88. The Morgan fingerprint density at radius 1 is 1.06 bits per heavy atom. The number of piperidine rings is 1.